The van der Waals surface area contributed by atoms with Crippen LogP contribution in [0.15, 0.2) is 42.5 Å². The molecule has 3 aromatic rings. The summed E-state index contributed by atoms with van der Waals surface area (Å²) in [6, 6.07) is 15.8. The monoisotopic (exact) mass is 400 g/mol. The number of halogens is 1. The number of nitrogens with zero attached hydrogens (tertiary/aromatic N) is 3. The number of aryl methyl sites for hydroxylation is 1. The van der Waals surface area contributed by atoms with Gasteiger partial charge in [0.2, 0.25) is 11.0 Å². The van der Waals surface area contributed by atoms with Crippen LogP contribution in [0.5, 0.6) is 0 Å². The van der Waals surface area contributed by atoms with Crippen molar-refractivity contribution in [2.24, 2.45) is 0 Å². The average molecular weight is 401 g/mol. The van der Waals surface area contributed by atoms with E-state index in [-0.39, 0.29) is 0 Å². The van der Waals surface area contributed by atoms with Gasteiger partial charge in [-0.1, -0.05) is 15.9 Å². The number of hydrogen-bond donors (Lipinski definition) is 0. The Bertz CT molecular complexity index is 821. The van der Waals surface area contributed by atoms with Gasteiger partial charge in [-0.25, -0.2) is 0 Å². The minimum absolute atomic E-state index is 1.03. The molecule has 0 bridgehead atoms. The van der Waals surface area contributed by atoms with E-state index in [0.29, 0.717) is 0 Å². The van der Waals surface area contributed by atoms with Crippen LogP contribution in [-0.4, -0.2) is 33.5 Å². The van der Waals surface area contributed by atoms with E-state index in [9.17, 15) is 0 Å². The van der Waals surface area contributed by atoms with Gasteiger partial charge in [0.05, 0.1) is 0 Å². The van der Waals surface area contributed by atoms with Gasteiger partial charge in [-0.05, 0) is 36.8 Å². The molecule has 0 aliphatic carbocycles. The zero-order valence-electron chi connectivity index (χ0n) is 15.6. The summed E-state index contributed by atoms with van der Waals surface area (Å²) in [5.41, 5.74) is 5.10. The van der Waals surface area contributed by atoms with Crippen LogP contribution in [0, 0.1) is 0 Å². The minimum atomic E-state index is 1.03. The van der Waals surface area contributed by atoms with E-state index in [0.717, 1.165) is 11.9 Å². The van der Waals surface area contributed by atoms with Crippen LogP contribution in [0.1, 0.15) is 12.8 Å². The highest BCUT2D eigenvalue weighted by atomic mass is 79.9. The summed E-state index contributed by atoms with van der Waals surface area (Å²) in [6.07, 6.45) is 2.36. The summed E-state index contributed by atoms with van der Waals surface area (Å²) in [6.45, 7) is 1.03. The van der Waals surface area contributed by atoms with Crippen molar-refractivity contribution in [1.82, 2.24) is 0 Å². The van der Waals surface area contributed by atoms with Crippen LogP contribution in [0.4, 0.5) is 11.4 Å². The second-order valence-electron chi connectivity index (χ2n) is 6.97. The summed E-state index contributed by atoms with van der Waals surface area (Å²) >= 11 is 3.56. The molecule has 25 heavy (non-hydrogen) atoms. The fraction of sp³-hybridized carbons (Fsp3) is 0.381. The lowest BCUT2D eigenvalue weighted by Crippen LogP contribution is -2.36. The highest BCUT2D eigenvalue weighted by molar-refractivity contribution is 9.09. The lowest BCUT2D eigenvalue weighted by Gasteiger charge is -2.15. The van der Waals surface area contributed by atoms with Crippen LogP contribution < -0.4 is 14.4 Å². The van der Waals surface area contributed by atoms with Crippen LogP contribution in [-0.2, 0) is 6.54 Å². The van der Waals surface area contributed by atoms with Crippen LogP contribution in [0.3, 0.4) is 0 Å². The van der Waals surface area contributed by atoms with Gasteiger partial charge in [-0.2, -0.15) is 4.57 Å². The van der Waals surface area contributed by atoms with Crippen molar-refractivity contribution in [3.63, 3.8) is 0 Å². The average Bonchev–Trinajstić information content (AvgIpc) is 2.60. The maximum absolute atomic E-state index is 3.56. The van der Waals surface area contributed by atoms with Crippen LogP contribution in [0.2, 0.25) is 0 Å². The van der Waals surface area contributed by atoms with Gasteiger partial charge in [0.25, 0.3) is 0 Å². The van der Waals surface area contributed by atoms with Gasteiger partial charge in [0.1, 0.15) is 6.54 Å². The van der Waals surface area contributed by atoms with Crippen molar-refractivity contribution in [3.8, 4) is 0 Å². The molecule has 132 valence electrons. The number of rotatable bonds is 6. The normalized spacial score (nSPS) is 11.2. The van der Waals surface area contributed by atoms with E-state index in [1.165, 1.54) is 46.0 Å². The molecule has 0 N–H and O–H groups in total. The number of anilines is 2. The zero-order valence-corrected chi connectivity index (χ0v) is 17.2. The predicted molar refractivity (Wildman–Crippen MR) is 113 cm³/mol. The van der Waals surface area contributed by atoms with Crippen molar-refractivity contribution in [2.75, 3.05) is 43.3 Å². The molecule has 0 aliphatic rings. The smallest absolute Gasteiger partial charge is 0.215 e. The first-order chi connectivity index (χ1) is 12.0. The number of fused-ring (bicyclic) bond motifs is 2. The predicted octanol–water partition coefficient (Wildman–Crippen LogP) is 4.59. The Morgan fingerprint density at radius 3 is 1.72 bits per heavy atom. The maximum Gasteiger partial charge on any atom is 0.215 e. The number of unbranched alkanes of at least 4 members (excludes halogenated alkanes) is 1. The van der Waals surface area contributed by atoms with Gasteiger partial charge >= 0.3 is 0 Å². The molecular weight excluding hydrogens is 374 g/mol. The molecule has 2 aromatic carbocycles. The Balaban J connectivity index is 2.26. The molecule has 3 nitrogen and oxygen atoms in total. The molecule has 0 saturated heterocycles. The van der Waals surface area contributed by atoms with Crippen LogP contribution in [0.25, 0.3) is 21.8 Å². The first-order valence-electron chi connectivity index (χ1n) is 8.82. The lowest BCUT2D eigenvalue weighted by atomic mass is 10.1. The molecule has 3 rings (SSSR count). The van der Waals surface area contributed by atoms with Gasteiger partial charge in [-0.3, -0.25) is 0 Å². The first-order valence-corrected chi connectivity index (χ1v) is 9.94. The largest absolute Gasteiger partial charge is 0.377 e. The Kier molecular flexibility index (Phi) is 5.48. The number of hydrogen-bond acceptors (Lipinski definition) is 2. The van der Waals surface area contributed by atoms with Crippen LogP contribution >= 0.6 is 15.9 Å². The molecule has 4 heteroatoms. The van der Waals surface area contributed by atoms with E-state index >= 15 is 0 Å². The Labute approximate surface area is 159 Å². The fourth-order valence-corrected chi connectivity index (χ4v) is 3.63. The van der Waals surface area contributed by atoms with Gasteiger partial charge in [0, 0.05) is 74.2 Å². The maximum atomic E-state index is 3.56. The van der Waals surface area contributed by atoms with E-state index in [2.05, 4.69) is 101 Å². The van der Waals surface area contributed by atoms with E-state index in [4.69, 9.17) is 0 Å². The number of benzene rings is 2. The zero-order chi connectivity index (χ0) is 18.0. The highest BCUT2D eigenvalue weighted by Gasteiger charge is 2.17. The Morgan fingerprint density at radius 1 is 0.760 bits per heavy atom. The summed E-state index contributed by atoms with van der Waals surface area (Å²) in [4.78, 5) is 4.34. The van der Waals surface area contributed by atoms with Crippen molar-refractivity contribution in [3.05, 3.63) is 42.5 Å². The molecule has 0 amide bonds. The molecule has 1 heterocycles. The van der Waals surface area contributed by atoms with Gasteiger partial charge < -0.3 is 9.80 Å². The van der Waals surface area contributed by atoms with E-state index in [1.807, 2.05) is 0 Å². The SMILES string of the molecule is CN(C)c1ccc2cc3ccc(N(C)C)cc3[n+](CCCCBr)c2c1. The number of pyridine rings is 1. The molecule has 1 aromatic heterocycles. The van der Waals surface area contributed by atoms with Crippen molar-refractivity contribution in [2.45, 2.75) is 19.4 Å². The third kappa shape index (κ3) is 3.74. The summed E-state index contributed by atoms with van der Waals surface area (Å²) in [5.74, 6) is 0. The molecule has 0 saturated carbocycles. The highest BCUT2D eigenvalue weighted by Crippen LogP contribution is 2.25. The third-order valence-electron chi connectivity index (χ3n) is 4.72. The third-order valence-corrected chi connectivity index (χ3v) is 5.28. The molecule has 0 aliphatic heterocycles. The molecule has 0 radical (unpaired) electrons. The summed E-state index contributed by atoms with van der Waals surface area (Å²) in [7, 11) is 8.39. The lowest BCUT2D eigenvalue weighted by molar-refractivity contribution is -0.645. The second kappa shape index (κ2) is 7.61. The molecular formula is C21H27BrN3+. The quantitative estimate of drug-likeness (QED) is 0.259. The van der Waals surface area contributed by atoms with Crippen molar-refractivity contribution in [1.29, 1.82) is 0 Å². The molecule has 0 atom stereocenters. The Hall–Kier alpha value is -1.81. The van der Waals surface area contributed by atoms with Gasteiger partial charge in [-0.15, -0.1) is 0 Å². The summed E-state index contributed by atoms with van der Waals surface area (Å²) in [5, 5.41) is 3.66. The molecule has 0 spiro atoms. The number of aromatic nitrogens is 1. The van der Waals surface area contributed by atoms with Gasteiger partial charge in [0.15, 0.2) is 0 Å². The molecule has 0 fully saturated rings. The van der Waals surface area contributed by atoms with E-state index < -0.39 is 0 Å². The van der Waals surface area contributed by atoms with Crippen molar-refractivity contribution >= 4 is 49.1 Å². The topological polar surface area (TPSA) is 10.4 Å². The summed E-state index contributed by atoms with van der Waals surface area (Å²) < 4.78 is 2.49. The fourth-order valence-electron chi connectivity index (χ4n) is 3.23. The standard InChI is InChI=1S/C21H27BrN3/c1-23(2)18-9-7-16-13-17-8-10-19(24(3)4)15-21(17)25(20(16)14-18)12-6-5-11-22/h7-10,13-15H,5-6,11-12H2,1-4H3/q+1. The Morgan fingerprint density at radius 2 is 1.28 bits per heavy atom. The second-order valence-corrected chi connectivity index (χ2v) is 7.76. The minimum Gasteiger partial charge on any atom is -0.377 e. The van der Waals surface area contributed by atoms with Crippen molar-refractivity contribution < 1.29 is 4.57 Å². The molecule has 0 unspecified atom stereocenters. The first kappa shape index (κ1) is 18.0. The number of alkyl halides is 1. The van der Waals surface area contributed by atoms with E-state index in [1.54, 1.807) is 0 Å².